The number of aromatic hydroxyl groups is 1. The summed E-state index contributed by atoms with van der Waals surface area (Å²) in [6, 6.07) is 9.73. The zero-order valence-corrected chi connectivity index (χ0v) is 11.8. The molecule has 2 aromatic carbocycles. The molecule has 1 N–H and O–H groups in total. The van der Waals surface area contributed by atoms with Gasteiger partial charge in [0.2, 0.25) is 5.78 Å². The first-order chi connectivity index (χ1) is 10.1. The predicted molar refractivity (Wildman–Crippen MR) is 79.0 cm³/mol. The quantitative estimate of drug-likeness (QED) is 0.860. The monoisotopic (exact) mass is 302 g/mol. The molecule has 0 saturated heterocycles. The molecule has 1 aliphatic heterocycles. The molecule has 1 heterocycles. The second-order valence-electron chi connectivity index (χ2n) is 4.51. The summed E-state index contributed by atoms with van der Waals surface area (Å²) in [7, 11) is 1.47. The largest absolute Gasteiger partial charge is 0.504 e. The second-order valence-corrected chi connectivity index (χ2v) is 4.95. The van der Waals surface area contributed by atoms with Gasteiger partial charge in [0, 0.05) is 5.02 Å². The number of Topliss-reactive ketones (excluding diaryl/α,β-unsaturated/α-hetero) is 1. The van der Waals surface area contributed by atoms with E-state index in [1.54, 1.807) is 36.4 Å². The van der Waals surface area contributed by atoms with Gasteiger partial charge in [-0.2, -0.15) is 0 Å². The van der Waals surface area contributed by atoms with Gasteiger partial charge in [0.05, 0.1) is 12.7 Å². The van der Waals surface area contributed by atoms with Gasteiger partial charge in [0.25, 0.3) is 0 Å². The first-order valence-corrected chi connectivity index (χ1v) is 6.57. The average Bonchev–Trinajstić information content (AvgIpc) is 2.76. The molecule has 0 aliphatic carbocycles. The minimum Gasteiger partial charge on any atom is -0.504 e. The molecule has 0 bridgehead atoms. The maximum absolute atomic E-state index is 12.2. The molecule has 0 unspecified atom stereocenters. The second kappa shape index (κ2) is 5.14. The van der Waals surface area contributed by atoms with Crippen molar-refractivity contribution >= 4 is 23.5 Å². The number of ether oxygens (including phenoxy) is 2. The van der Waals surface area contributed by atoms with Crippen LogP contribution in [0, 0.1) is 0 Å². The molecule has 0 atom stereocenters. The number of ketones is 1. The molecule has 2 aromatic rings. The summed E-state index contributed by atoms with van der Waals surface area (Å²) >= 11 is 5.88. The summed E-state index contributed by atoms with van der Waals surface area (Å²) in [5.74, 6) is 0.803. The van der Waals surface area contributed by atoms with Crippen molar-refractivity contribution in [1.82, 2.24) is 0 Å². The molecular weight excluding hydrogens is 292 g/mol. The fourth-order valence-corrected chi connectivity index (χ4v) is 2.28. The summed E-state index contributed by atoms with van der Waals surface area (Å²) in [6.45, 7) is 0. The van der Waals surface area contributed by atoms with E-state index >= 15 is 0 Å². The van der Waals surface area contributed by atoms with Crippen molar-refractivity contribution in [3.05, 3.63) is 58.3 Å². The topological polar surface area (TPSA) is 55.8 Å². The van der Waals surface area contributed by atoms with Crippen LogP contribution in [0.5, 0.6) is 17.2 Å². The van der Waals surface area contributed by atoms with Crippen LogP contribution in [0.15, 0.2) is 42.2 Å². The van der Waals surface area contributed by atoms with Gasteiger partial charge in [-0.1, -0.05) is 17.7 Å². The van der Waals surface area contributed by atoms with E-state index in [4.69, 9.17) is 21.1 Å². The highest BCUT2D eigenvalue weighted by atomic mass is 35.5. The lowest BCUT2D eigenvalue weighted by molar-refractivity contribution is 0.101. The number of phenolic OH excluding ortho intramolecular Hbond substituents is 1. The third-order valence-corrected chi connectivity index (χ3v) is 3.37. The summed E-state index contributed by atoms with van der Waals surface area (Å²) < 4.78 is 10.5. The van der Waals surface area contributed by atoms with Gasteiger partial charge in [-0.15, -0.1) is 0 Å². The van der Waals surface area contributed by atoms with E-state index in [-0.39, 0.29) is 17.3 Å². The number of fused-ring (bicyclic) bond motifs is 1. The van der Waals surface area contributed by atoms with Crippen LogP contribution in [0.4, 0.5) is 0 Å². The lowest BCUT2D eigenvalue weighted by atomic mass is 10.1. The molecule has 0 amide bonds. The number of hydrogen-bond acceptors (Lipinski definition) is 4. The number of phenols is 1. The Morgan fingerprint density at radius 1 is 1.24 bits per heavy atom. The van der Waals surface area contributed by atoms with Crippen molar-refractivity contribution < 1.29 is 19.4 Å². The minimum atomic E-state index is -0.234. The molecule has 0 spiro atoms. The number of allylic oxidation sites excluding steroid dienone is 1. The van der Waals surface area contributed by atoms with Gasteiger partial charge < -0.3 is 14.6 Å². The molecule has 0 saturated carbocycles. The highest BCUT2D eigenvalue weighted by Gasteiger charge is 2.27. The third-order valence-electron chi connectivity index (χ3n) is 3.13. The molecule has 0 fully saturated rings. The van der Waals surface area contributed by atoms with E-state index in [0.717, 1.165) is 0 Å². The van der Waals surface area contributed by atoms with E-state index in [9.17, 15) is 9.90 Å². The van der Waals surface area contributed by atoms with Crippen molar-refractivity contribution in [2.75, 3.05) is 7.11 Å². The van der Waals surface area contributed by atoms with Crippen LogP contribution in [-0.2, 0) is 0 Å². The average molecular weight is 303 g/mol. The molecule has 0 radical (unpaired) electrons. The molecule has 21 heavy (non-hydrogen) atoms. The fraction of sp³-hybridized carbons (Fsp3) is 0.0625. The lowest BCUT2D eigenvalue weighted by Crippen LogP contribution is -1.98. The van der Waals surface area contributed by atoms with Crippen LogP contribution < -0.4 is 9.47 Å². The SMILES string of the molecule is COc1ccc(/C=C2\Oc3ccc(Cl)cc3C2=O)cc1O. The Hall–Kier alpha value is -2.46. The smallest absolute Gasteiger partial charge is 0.232 e. The molecule has 5 heteroatoms. The van der Waals surface area contributed by atoms with Crippen LogP contribution in [0.3, 0.4) is 0 Å². The number of carbonyl (C=O) groups is 1. The number of rotatable bonds is 2. The van der Waals surface area contributed by atoms with E-state index in [1.807, 2.05) is 0 Å². The van der Waals surface area contributed by atoms with E-state index in [1.165, 1.54) is 13.2 Å². The number of carbonyl (C=O) groups excluding carboxylic acids is 1. The first-order valence-electron chi connectivity index (χ1n) is 6.19. The van der Waals surface area contributed by atoms with Crippen molar-refractivity contribution in [1.29, 1.82) is 0 Å². The van der Waals surface area contributed by atoms with Gasteiger partial charge in [-0.25, -0.2) is 0 Å². The number of methoxy groups -OCH3 is 1. The maximum Gasteiger partial charge on any atom is 0.232 e. The highest BCUT2D eigenvalue weighted by molar-refractivity contribution is 6.31. The zero-order chi connectivity index (χ0) is 15.0. The van der Waals surface area contributed by atoms with Crippen molar-refractivity contribution in [3.8, 4) is 17.2 Å². The number of hydrogen-bond donors (Lipinski definition) is 1. The summed E-state index contributed by atoms with van der Waals surface area (Å²) in [5.41, 5.74) is 1.07. The Balaban J connectivity index is 1.96. The molecule has 4 nitrogen and oxygen atoms in total. The molecule has 0 aromatic heterocycles. The van der Waals surface area contributed by atoms with Crippen molar-refractivity contribution in [3.63, 3.8) is 0 Å². The Bertz CT molecular complexity index is 765. The van der Waals surface area contributed by atoms with Crippen LogP contribution in [0.2, 0.25) is 5.02 Å². The summed E-state index contributed by atoms with van der Waals surface area (Å²) in [6.07, 6.45) is 1.56. The van der Waals surface area contributed by atoms with Crippen LogP contribution in [-0.4, -0.2) is 18.0 Å². The highest BCUT2D eigenvalue weighted by Crippen LogP contribution is 2.34. The molecule has 3 rings (SSSR count). The van der Waals surface area contributed by atoms with Crippen molar-refractivity contribution in [2.24, 2.45) is 0 Å². The number of halogens is 1. The van der Waals surface area contributed by atoms with Crippen molar-refractivity contribution in [2.45, 2.75) is 0 Å². The van der Waals surface area contributed by atoms with E-state index in [2.05, 4.69) is 0 Å². The Morgan fingerprint density at radius 3 is 2.76 bits per heavy atom. The Morgan fingerprint density at radius 2 is 2.05 bits per heavy atom. The Labute approximate surface area is 126 Å². The standard InChI is InChI=1S/C16H11ClO4/c1-20-14-4-2-9(6-12(14)18)7-15-16(19)11-8-10(17)3-5-13(11)21-15/h2-8,18H,1H3/b15-7-. The molecule has 106 valence electrons. The van der Waals surface area contributed by atoms with Crippen LogP contribution >= 0.6 is 11.6 Å². The Kier molecular flexibility index (Phi) is 3.31. The minimum absolute atomic E-state index is 0.00199. The zero-order valence-electron chi connectivity index (χ0n) is 11.1. The lowest BCUT2D eigenvalue weighted by Gasteiger charge is -2.04. The third kappa shape index (κ3) is 2.45. The van der Waals surface area contributed by atoms with Crippen LogP contribution in [0.25, 0.3) is 6.08 Å². The van der Waals surface area contributed by atoms with Crippen LogP contribution in [0.1, 0.15) is 15.9 Å². The van der Waals surface area contributed by atoms with Gasteiger partial charge >= 0.3 is 0 Å². The fourth-order valence-electron chi connectivity index (χ4n) is 2.11. The van der Waals surface area contributed by atoms with E-state index in [0.29, 0.717) is 27.6 Å². The van der Waals surface area contributed by atoms with Gasteiger partial charge in [-0.3, -0.25) is 4.79 Å². The molecular formula is C16H11ClO4. The molecule has 1 aliphatic rings. The predicted octanol–water partition coefficient (Wildman–Crippen LogP) is 3.67. The normalized spacial score (nSPS) is 15.0. The summed E-state index contributed by atoms with van der Waals surface area (Å²) in [4.78, 5) is 12.2. The maximum atomic E-state index is 12.2. The number of benzene rings is 2. The van der Waals surface area contributed by atoms with Gasteiger partial charge in [-0.05, 0) is 42.0 Å². The summed E-state index contributed by atoms with van der Waals surface area (Å²) in [5, 5.41) is 10.2. The van der Waals surface area contributed by atoms with E-state index < -0.39 is 0 Å². The van der Waals surface area contributed by atoms with Gasteiger partial charge in [0.15, 0.2) is 17.3 Å². The first kappa shape index (κ1) is 13.5. The van der Waals surface area contributed by atoms with Gasteiger partial charge in [0.1, 0.15) is 5.75 Å².